The normalized spacial score (nSPS) is 9.62. The Bertz CT molecular complexity index is 332. The molecule has 0 aliphatic rings. The number of nitrogens with zero attached hydrogens (tertiary/aromatic N) is 1. The number of hydrogen-bond acceptors (Lipinski definition) is 2. The Morgan fingerprint density at radius 1 is 1.46 bits per heavy atom. The van der Waals surface area contributed by atoms with Crippen molar-refractivity contribution in [3.63, 3.8) is 0 Å². The Kier molecular flexibility index (Phi) is 3.19. The first-order chi connectivity index (χ1) is 6.09. The fourth-order valence-electron chi connectivity index (χ4n) is 0.957. The molecule has 0 N–H and O–H groups in total. The molecule has 0 heterocycles. The van der Waals surface area contributed by atoms with Gasteiger partial charge in [-0.1, -0.05) is 34.6 Å². The molecule has 0 aliphatic heterocycles. The van der Waals surface area contributed by atoms with Gasteiger partial charge in [0.25, 0.3) is 5.69 Å². The van der Waals surface area contributed by atoms with E-state index < -0.39 is 4.92 Å². The van der Waals surface area contributed by atoms with E-state index in [1.165, 1.54) is 12.1 Å². The molecule has 0 spiro atoms. The molecule has 0 amide bonds. The van der Waals surface area contributed by atoms with Gasteiger partial charge in [-0.05, 0) is 10.0 Å². The number of nitro groups is 1. The topological polar surface area (TPSA) is 43.1 Å². The highest BCUT2D eigenvalue weighted by atomic mass is 79.9. The standard InChI is InChI=1S/C9H8BrNO2/c1-7(10)6-8-2-4-9(5-3-8)11(12)13/h2-5H,1,6H2. The van der Waals surface area contributed by atoms with E-state index in [4.69, 9.17) is 0 Å². The molecule has 0 aliphatic carbocycles. The van der Waals surface area contributed by atoms with Crippen molar-refractivity contribution >= 4 is 21.6 Å². The van der Waals surface area contributed by atoms with Gasteiger partial charge in [0, 0.05) is 18.6 Å². The van der Waals surface area contributed by atoms with Crippen LogP contribution in [0.4, 0.5) is 5.69 Å². The second kappa shape index (κ2) is 4.18. The molecule has 68 valence electrons. The molecule has 0 atom stereocenters. The highest BCUT2D eigenvalue weighted by Crippen LogP contribution is 2.15. The third-order valence-electron chi connectivity index (χ3n) is 1.54. The van der Waals surface area contributed by atoms with Crippen LogP contribution in [0.25, 0.3) is 0 Å². The molecule has 1 aromatic carbocycles. The molecule has 0 bridgehead atoms. The Morgan fingerprint density at radius 3 is 2.38 bits per heavy atom. The Hall–Kier alpha value is -1.16. The molecule has 13 heavy (non-hydrogen) atoms. The van der Waals surface area contributed by atoms with Gasteiger partial charge in [0.2, 0.25) is 0 Å². The van der Waals surface area contributed by atoms with Gasteiger partial charge in [-0.15, -0.1) is 0 Å². The molecule has 1 aromatic rings. The highest BCUT2D eigenvalue weighted by Gasteiger charge is 2.03. The first kappa shape index (κ1) is 9.92. The maximum atomic E-state index is 10.3. The molecule has 0 aromatic heterocycles. The fraction of sp³-hybridized carbons (Fsp3) is 0.111. The van der Waals surface area contributed by atoms with Crippen LogP contribution >= 0.6 is 15.9 Å². The first-order valence-corrected chi connectivity index (χ1v) is 4.45. The zero-order valence-corrected chi connectivity index (χ0v) is 8.45. The van der Waals surface area contributed by atoms with Gasteiger partial charge in [-0.25, -0.2) is 0 Å². The van der Waals surface area contributed by atoms with Crippen LogP contribution in [-0.2, 0) is 6.42 Å². The number of halogens is 1. The molecular formula is C9H8BrNO2. The summed E-state index contributed by atoms with van der Waals surface area (Å²) in [5.74, 6) is 0. The highest BCUT2D eigenvalue weighted by molar-refractivity contribution is 9.11. The molecule has 1 rings (SSSR count). The molecule has 0 saturated heterocycles. The maximum absolute atomic E-state index is 10.3. The van der Waals surface area contributed by atoms with Crippen LogP contribution in [0.15, 0.2) is 35.3 Å². The van der Waals surface area contributed by atoms with Gasteiger partial charge in [0.15, 0.2) is 0 Å². The van der Waals surface area contributed by atoms with Gasteiger partial charge in [0.05, 0.1) is 4.92 Å². The smallest absolute Gasteiger partial charge is 0.258 e. The average Bonchev–Trinajstić information content (AvgIpc) is 2.04. The van der Waals surface area contributed by atoms with Crippen molar-refractivity contribution in [1.29, 1.82) is 0 Å². The van der Waals surface area contributed by atoms with Crippen molar-refractivity contribution in [2.45, 2.75) is 6.42 Å². The summed E-state index contributed by atoms with van der Waals surface area (Å²) in [5.41, 5.74) is 1.12. The van der Waals surface area contributed by atoms with Gasteiger partial charge >= 0.3 is 0 Å². The summed E-state index contributed by atoms with van der Waals surface area (Å²) in [6, 6.07) is 6.44. The van der Waals surface area contributed by atoms with E-state index in [2.05, 4.69) is 22.5 Å². The summed E-state index contributed by atoms with van der Waals surface area (Å²) >= 11 is 3.23. The Morgan fingerprint density at radius 2 is 2.00 bits per heavy atom. The summed E-state index contributed by atoms with van der Waals surface area (Å²) in [7, 11) is 0. The van der Waals surface area contributed by atoms with Gasteiger partial charge < -0.3 is 0 Å². The van der Waals surface area contributed by atoms with Crippen molar-refractivity contribution in [2.75, 3.05) is 0 Å². The number of rotatable bonds is 3. The van der Waals surface area contributed by atoms with Crippen LogP contribution < -0.4 is 0 Å². The monoisotopic (exact) mass is 241 g/mol. The van der Waals surface area contributed by atoms with Crippen LogP contribution in [0.1, 0.15) is 5.56 Å². The molecular weight excluding hydrogens is 234 g/mol. The predicted octanol–water partition coefficient (Wildman–Crippen LogP) is 3.05. The summed E-state index contributed by atoms with van der Waals surface area (Å²) in [4.78, 5) is 9.90. The summed E-state index contributed by atoms with van der Waals surface area (Å²) in [5, 5.41) is 10.3. The second-order valence-electron chi connectivity index (χ2n) is 2.62. The first-order valence-electron chi connectivity index (χ1n) is 3.66. The van der Waals surface area contributed by atoms with E-state index in [9.17, 15) is 10.1 Å². The molecule has 0 saturated carbocycles. The summed E-state index contributed by atoms with van der Waals surface area (Å²) < 4.78 is 0.862. The number of allylic oxidation sites excluding steroid dienone is 1. The van der Waals surface area contributed by atoms with E-state index in [1.807, 2.05) is 0 Å². The maximum Gasteiger partial charge on any atom is 0.269 e. The zero-order valence-electron chi connectivity index (χ0n) is 6.87. The Labute approximate surface area is 84.4 Å². The van der Waals surface area contributed by atoms with Gasteiger partial charge in [-0.3, -0.25) is 10.1 Å². The number of nitro benzene ring substituents is 1. The minimum atomic E-state index is -0.410. The molecule has 3 nitrogen and oxygen atoms in total. The molecule has 0 fully saturated rings. The zero-order chi connectivity index (χ0) is 9.84. The molecule has 0 unspecified atom stereocenters. The fourth-order valence-corrected chi connectivity index (χ4v) is 1.28. The predicted molar refractivity (Wildman–Crippen MR) is 54.9 cm³/mol. The third-order valence-corrected chi connectivity index (χ3v) is 1.82. The van der Waals surface area contributed by atoms with Crippen LogP contribution in [0.5, 0.6) is 0 Å². The minimum absolute atomic E-state index is 0.115. The van der Waals surface area contributed by atoms with E-state index in [-0.39, 0.29) is 5.69 Å². The second-order valence-corrected chi connectivity index (χ2v) is 3.74. The van der Waals surface area contributed by atoms with E-state index in [0.717, 1.165) is 10.0 Å². The largest absolute Gasteiger partial charge is 0.269 e. The average molecular weight is 242 g/mol. The van der Waals surface area contributed by atoms with Crippen molar-refractivity contribution < 1.29 is 4.92 Å². The summed E-state index contributed by atoms with van der Waals surface area (Å²) in [6.07, 6.45) is 0.692. The quantitative estimate of drug-likeness (QED) is 0.603. The number of hydrogen-bond donors (Lipinski definition) is 0. The lowest BCUT2D eigenvalue weighted by Crippen LogP contribution is -1.88. The lowest BCUT2D eigenvalue weighted by atomic mass is 10.1. The van der Waals surface area contributed by atoms with Gasteiger partial charge in [-0.2, -0.15) is 0 Å². The molecule has 4 heteroatoms. The summed E-state index contributed by atoms with van der Waals surface area (Å²) in [6.45, 7) is 3.69. The van der Waals surface area contributed by atoms with Crippen LogP contribution in [0.3, 0.4) is 0 Å². The van der Waals surface area contributed by atoms with E-state index in [1.54, 1.807) is 12.1 Å². The Balaban J connectivity index is 2.81. The SMILES string of the molecule is C=C(Br)Cc1ccc([N+](=O)[O-])cc1. The van der Waals surface area contributed by atoms with E-state index >= 15 is 0 Å². The van der Waals surface area contributed by atoms with Crippen molar-refractivity contribution in [2.24, 2.45) is 0 Å². The lowest BCUT2D eigenvalue weighted by molar-refractivity contribution is -0.384. The van der Waals surface area contributed by atoms with Crippen LogP contribution in [0.2, 0.25) is 0 Å². The van der Waals surface area contributed by atoms with Crippen LogP contribution in [-0.4, -0.2) is 4.92 Å². The van der Waals surface area contributed by atoms with Crippen molar-refractivity contribution in [1.82, 2.24) is 0 Å². The minimum Gasteiger partial charge on any atom is -0.258 e. The van der Waals surface area contributed by atoms with Gasteiger partial charge in [0.1, 0.15) is 0 Å². The van der Waals surface area contributed by atoms with Crippen molar-refractivity contribution in [3.8, 4) is 0 Å². The lowest BCUT2D eigenvalue weighted by Gasteiger charge is -1.97. The van der Waals surface area contributed by atoms with E-state index in [0.29, 0.717) is 6.42 Å². The number of non-ortho nitro benzene ring substituents is 1. The van der Waals surface area contributed by atoms with Crippen LogP contribution in [0, 0.1) is 10.1 Å². The number of benzene rings is 1. The third kappa shape index (κ3) is 2.99. The van der Waals surface area contributed by atoms with Crippen molar-refractivity contribution in [3.05, 3.63) is 51.0 Å². The molecule has 0 radical (unpaired) electrons.